The fourth-order valence-electron chi connectivity index (χ4n) is 1.54. The average molecular weight is 308 g/mol. The molecule has 1 rings (SSSR count). The van der Waals surface area contributed by atoms with E-state index in [1.54, 1.807) is 24.9 Å². The van der Waals surface area contributed by atoms with Crippen LogP contribution in [0.2, 0.25) is 0 Å². The van der Waals surface area contributed by atoms with E-state index in [4.69, 9.17) is 5.73 Å². The Morgan fingerprint density at radius 2 is 2.17 bits per heavy atom. The monoisotopic (exact) mass is 308 g/mol. The van der Waals surface area contributed by atoms with Crippen molar-refractivity contribution in [1.82, 2.24) is 4.31 Å². The van der Waals surface area contributed by atoms with E-state index >= 15 is 0 Å². The molecule has 1 unspecified atom stereocenters. The van der Waals surface area contributed by atoms with Crippen LogP contribution in [0.4, 0.5) is 0 Å². The van der Waals surface area contributed by atoms with Crippen LogP contribution in [-0.4, -0.2) is 37.8 Å². The Bertz CT molecular complexity index is 496. The van der Waals surface area contributed by atoms with E-state index in [0.717, 1.165) is 16.2 Å². The summed E-state index contributed by atoms with van der Waals surface area (Å²) < 4.78 is 26.7. The van der Waals surface area contributed by atoms with Crippen LogP contribution in [0.1, 0.15) is 17.4 Å². The number of thiophene rings is 1. The predicted octanol–water partition coefficient (Wildman–Crippen LogP) is 1.89. The molecular formula is C11H20N2O2S3. The molecule has 0 aliphatic heterocycles. The van der Waals surface area contributed by atoms with E-state index in [0.29, 0.717) is 10.8 Å². The fraction of sp³-hybridized carbons (Fsp3) is 0.636. The highest BCUT2D eigenvalue weighted by Gasteiger charge is 2.27. The fourth-order valence-corrected chi connectivity index (χ4v) is 5.36. The van der Waals surface area contributed by atoms with Gasteiger partial charge in [-0.15, -0.1) is 11.3 Å². The zero-order chi connectivity index (χ0) is 13.9. The van der Waals surface area contributed by atoms with E-state index in [9.17, 15) is 8.42 Å². The second-order valence-corrected chi connectivity index (χ2v) is 8.47. The SMILES string of the molecule is CSCC(C)N(C)S(=O)(=O)c1cc(C)c(CN)s1. The van der Waals surface area contributed by atoms with Gasteiger partial charge in [-0.25, -0.2) is 8.42 Å². The topological polar surface area (TPSA) is 63.4 Å². The van der Waals surface area contributed by atoms with Crippen molar-refractivity contribution >= 4 is 33.1 Å². The Labute approximate surface area is 118 Å². The highest BCUT2D eigenvalue weighted by Crippen LogP contribution is 2.28. The molecule has 0 aromatic carbocycles. The lowest BCUT2D eigenvalue weighted by molar-refractivity contribution is 0.416. The number of sulfonamides is 1. The Balaban J connectivity index is 3.05. The molecule has 0 fully saturated rings. The number of hydrogen-bond acceptors (Lipinski definition) is 5. The first-order valence-electron chi connectivity index (χ1n) is 5.61. The molecule has 0 bridgehead atoms. The quantitative estimate of drug-likeness (QED) is 0.871. The van der Waals surface area contributed by atoms with Gasteiger partial charge < -0.3 is 5.73 Å². The van der Waals surface area contributed by atoms with E-state index < -0.39 is 10.0 Å². The summed E-state index contributed by atoms with van der Waals surface area (Å²) in [5.41, 5.74) is 6.54. The first-order chi connectivity index (χ1) is 8.34. The maximum Gasteiger partial charge on any atom is 0.252 e. The number of thioether (sulfide) groups is 1. The van der Waals surface area contributed by atoms with E-state index in [1.807, 2.05) is 20.1 Å². The van der Waals surface area contributed by atoms with Gasteiger partial charge in [0.1, 0.15) is 4.21 Å². The molecule has 0 aliphatic carbocycles. The largest absolute Gasteiger partial charge is 0.326 e. The minimum absolute atomic E-state index is 0.0197. The van der Waals surface area contributed by atoms with Crippen LogP contribution in [0.3, 0.4) is 0 Å². The Morgan fingerprint density at radius 3 is 2.61 bits per heavy atom. The van der Waals surface area contributed by atoms with Crippen molar-refractivity contribution in [2.45, 2.75) is 30.6 Å². The van der Waals surface area contributed by atoms with Crippen LogP contribution in [0.15, 0.2) is 10.3 Å². The Kier molecular flexibility index (Phi) is 5.67. The molecule has 4 nitrogen and oxygen atoms in total. The van der Waals surface area contributed by atoms with Gasteiger partial charge in [-0.2, -0.15) is 16.1 Å². The third-order valence-corrected chi connectivity index (χ3v) is 7.34. The maximum atomic E-state index is 12.4. The lowest BCUT2D eigenvalue weighted by Crippen LogP contribution is -2.36. The number of rotatable bonds is 6. The molecular weight excluding hydrogens is 288 g/mol. The average Bonchev–Trinajstić information content (AvgIpc) is 2.70. The molecule has 1 atom stereocenters. The van der Waals surface area contributed by atoms with Crippen molar-refractivity contribution in [3.05, 3.63) is 16.5 Å². The summed E-state index contributed by atoms with van der Waals surface area (Å²) in [4.78, 5) is 0.930. The van der Waals surface area contributed by atoms with E-state index in [-0.39, 0.29) is 6.04 Å². The van der Waals surface area contributed by atoms with Crippen LogP contribution < -0.4 is 5.73 Å². The smallest absolute Gasteiger partial charge is 0.252 e. The lowest BCUT2D eigenvalue weighted by atomic mass is 10.3. The molecule has 1 aromatic heterocycles. The van der Waals surface area contributed by atoms with Gasteiger partial charge in [-0.1, -0.05) is 0 Å². The van der Waals surface area contributed by atoms with Crippen LogP contribution >= 0.6 is 23.1 Å². The zero-order valence-electron chi connectivity index (χ0n) is 11.1. The van der Waals surface area contributed by atoms with Gasteiger partial charge in [-0.3, -0.25) is 0 Å². The molecule has 0 saturated heterocycles. The molecule has 2 N–H and O–H groups in total. The third kappa shape index (κ3) is 3.27. The highest BCUT2D eigenvalue weighted by molar-refractivity contribution is 7.98. The van der Waals surface area contributed by atoms with Crippen molar-refractivity contribution in [2.75, 3.05) is 19.1 Å². The standard InChI is InChI=1S/C11H20N2O2S3/c1-8-5-11(17-10(8)6-12)18(14,15)13(3)9(2)7-16-4/h5,9H,6-7,12H2,1-4H3. The van der Waals surface area contributed by atoms with Gasteiger partial charge in [0.05, 0.1) is 0 Å². The summed E-state index contributed by atoms with van der Waals surface area (Å²) in [5, 5.41) is 0. The van der Waals surface area contributed by atoms with Gasteiger partial charge in [0.25, 0.3) is 10.0 Å². The van der Waals surface area contributed by atoms with Crippen molar-refractivity contribution in [3.8, 4) is 0 Å². The van der Waals surface area contributed by atoms with Crippen molar-refractivity contribution in [2.24, 2.45) is 5.73 Å². The van der Waals surface area contributed by atoms with Gasteiger partial charge in [0.2, 0.25) is 0 Å². The number of aryl methyl sites for hydroxylation is 1. The Morgan fingerprint density at radius 1 is 1.56 bits per heavy atom. The minimum atomic E-state index is -3.39. The number of nitrogens with zero attached hydrogens (tertiary/aromatic N) is 1. The molecule has 0 aliphatic rings. The van der Waals surface area contributed by atoms with E-state index in [1.165, 1.54) is 15.6 Å². The van der Waals surface area contributed by atoms with Gasteiger partial charge in [0, 0.05) is 30.3 Å². The molecule has 1 aromatic rings. The first kappa shape index (κ1) is 16.0. The lowest BCUT2D eigenvalue weighted by Gasteiger charge is -2.22. The number of hydrogen-bond donors (Lipinski definition) is 1. The zero-order valence-corrected chi connectivity index (χ0v) is 13.6. The first-order valence-corrected chi connectivity index (χ1v) is 9.26. The highest BCUT2D eigenvalue weighted by atomic mass is 32.2. The minimum Gasteiger partial charge on any atom is -0.326 e. The van der Waals surface area contributed by atoms with Crippen LogP contribution in [0, 0.1) is 6.92 Å². The molecule has 0 radical (unpaired) electrons. The molecule has 1 heterocycles. The van der Waals surface area contributed by atoms with Crippen LogP contribution in [-0.2, 0) is 16.6 Å². The number of nitrogens with two attached hydrogens (primary N) is 1. The normalized spacial score (nSPS) is 14.1. The summed E-state index contributed by atoms with van der Waals surface area (Å²) in [6.07, 6.45) is 1.97. The predicted molar refractivity (Wildman–Crippen MR) is 79.7 cm³/mol. The Hall–Kier alpha value is -0.0800. The second kappa shape index (κ2) is 6.38. The summed E-state index contributed by atoms with van der Waals surface area (Å²) in [7, 11) is -1.76. The van der Waals surface area contributed by atoms with Crippen molar-refractivity contribution < 1.29 is 8.42 Å². The van der Waals surface area contributed by atoms with Gasteiger partial charge >= 0.3 is 0 Å². The van der Waals surface area contributed by atoms with Crippen LogP contribution in [0.5, 0.6) is 0 Å². The molecule has 18 heavy (non-hydrogen) atoms. The summed E-state index contributed by atoms with van der Waals surface area (Å²) in [6, 6.07) is 1.69. The second-order valence-electron chi connectivity index (χ2n) is 4.20. The molecule has 104 valence electrons. The molecule has 0 saturated carbocycles. The summed E-state index contributed by atoms with van der Waals surface area (Å²) in [5.74, 6) is 0.782. The van der Waals surface area contributed by atoms with Gasteiger partial charge in [0.15, 0.2) is 0 Å². The molecule has 0 spiro atoms. The van der Waals surface area contributed by atoms with Crippen molar-refractivity contribution in [3.63, 3.8) is 0 Å². The summed E-state index contributed by atoms with van der Waals surface area (Å²) in [6.45, 7) is 4.19. The third-order valence-electron chi connectivity index (χ3n) is 2.85. The molecule has 7 heteroatoms. The van der Waals surface area contributed by atoms with Gasteiger partial charge in [-0.05, 0) is 31.7 Å². The maximum absolute atomic E-state index is 12.4. The van der Waals surface area contributed by atoms with E-state index in [2.05, 4.69) is 0 Å². The van der Waals surface area contributed by atoms with Crippen molar-refractivity contribution in [1.29, 1.82) is 0 Å². The van der Waals surface area contributed by atoms with Crippen LogP contribution in [0.25, 0.3) is 0 Å². The summed E-state index contributed by atoms with van der Waals surface area (Å²) >= 11 is 2.91. The molecule has 0 amide bonds.